The molecule has 2 aromatic carbocycles. The Bertz CT molecular complexity index is 552. The van der Waals surface area contributed by atoms with Crippen molar-refractivity contribution in [1.29, 1.82) is 0 Å². The Morgan fingerprint density at radius 2 is 1.94 bits per heavy atom. The molecule has 2 rings (SSSR count). The van der Waals surface area contributed by atoms with Gasteiger partial charge in [0, 0.05) is 0 Å². The molecule has 0 aliphatic rings. The molecule has 88 valence electrons. The van der Waals surface area contributed by atoms with Crippen molar-refractivity contribution in [3.8, 4) is 16.9 Å². The first-order valence-corrected chi connectivity index (χ1v) is 5.60. The summed E-state index contributed by atoms with van der Waals surface area (Å²) in [6.45, 7) is 1.96. The molecule has 0 unspecified atom stereocenters. The summed E-state index contributed by atoms with van der Waals surface area (Å²) in [6.07, 6.45) is 0. The van der Waals surface area contributed by atoms with E-state index in [0.29, 0.717) is 0 Å². The summed E-state index contributed by atoms with van der Waals surface area (Å²) in [4.78, 5) is 0. The van der Waals surface area contributed by atoms with Crippen LogP contribution in [0.5, 0.6) is 5.75 Å². The van der Waals surface area contributed by atoms with E-state index in [1.807, 2.05) is 25.1 Å². The van der Waals surface area contributed by atoms with Gasteiger partial charge in [-0.15, -0.1) is 0 Å². The molecule has 3 heteroatoms. The second kappa shape index (κ2) is 4.76. The summed E-state index contributed by atoms with van der Waals surface area (Å²) < 4.78 is 18.4. The first-order chi connectivity index (χ1) is 8.13. The van der Waals surface area contributed by atoms with Gasteiger partial charge < -0.3 is 4.74 Å². The lowest BCUT2D eigenvalue weighted by Gasteiger charge is -2.10. The maximum atomic E-state index is 13.1. The minimum absolute atomic E-state index is 0.129. The van der Waals surface area contributed by atoms with Crippen LogP contribution in [0.4, 0.5) is 4.39 Å². The first-order valence-electron chi connectivity index (χ1n) is 5.22. The maximum absolute atomic E-state index is 13.1. The number of halogens is 2. The van der Waals surface area contributed by atoms with E-state index in [1.165, 1.54) is 6.07 Å². The summed E-state index contributed by atoms with van der Waals surface area (Å²) in [7, 11) is 1.63. The third-order valence-electron chi connectivity index (χ3n) is 2.73. The van der Waals surface area contributed by atoms with Gasteiger partial charge in [0.25, 0.3) is 0 Å². The molecule has 0 heterocycles. The Morgan fingerprint density at radius 1 is 1.18 bits per heavy atom. The highest BCUT2D eigenvalue weighted by atomic mass is 35.5. The van der Waals surface area contributed by atoms with Crippen molar-refractivity contribution >= 4 is 11.6 Å². The molecule has 0 saturated carbocycles. The highest BCUT2D eigenvalue weighted by molar-refractivity contribution is 6.31. The second-order valence-corrected chi connectivity index (χ2v) is 4.17. The number of rotatable bonds is 2. The van der Waals surface area contributed by atoms with Crippen LogP contribution in [0.2, 0.25) is 5.02 Å². The van der Waals surface area contributed by atoms with Crippen LogP contribution in [0, 0.1) is 12.7 Å². The first kappa shape index (κ1) is 11.9. The molecular weight excluding hydrogens is 239 g/mol. The van der Waals surface area contributed by atoms with Crippen LogP contribution < -0.4 is 4.74 Å². The van der Waals surface area contributed by atoms with Gasteiger partial charge in [-0.2, -0.15) is 0 Å². The Kier molecular flexibility index (Phi) is 3.34. The van der Waals surface area contributed by atoms with E-state index in [4.69, 9.17) is 16.3 Å². The standard InChI is InChI=1S/C14H12ClFO/c1-9-11(4-3-5-14(9)17-2)10-6-7-13(16)12(15)8-10/h3-8H,1-2H3. The Hall–Kier alpha value is -1.54. The lowest BCUT2D eigenvalue weighted by molar-refractivity contribution is 0.412. The molecule has 0 N–H and O–H groups in total. The summed E-state index contributed by atoms with van der Waals surface area (Å²) >= 11 is 5.78. The molecule has 0 aliphatic heterocycles. The number of benzene rings is 2. The average Bonchev–Trinajstić information content (AvgIpc) is 2.33. The third kappa shape index (κ3) is 2.27. The minimum atomic E-state index is -0.407. The lowest BCUT2D eigenvalue weighted by atomic mass is 10.00. The predicted octanol–water partition coefficient (Wildman–Crippen LogP) is 4.46. The fourth-order valence-electron chi connectivity index (χ4n) is 1.81. The van der Waals surface area contributed by atoms with Gasteiger partial charge in [-0.1, -0.05) is 29.8 Å². The van der Waals surface area contributed by atoms with Gasteiger partial charge in [0.2, 0.25) is 0 Å². The molecule has 0 radical (unpaired) electrons. The quantitative estimate of drug-likeness (QED) is 0.765. The van der Waals surface area contributed by atoms with E-state index in [1.54, 1.807) is 19.2 Å². The van der Waals surface area contributed by atoms with E-state index >= 15 is 0 Å². The van der Waals surface area contributed by atoms with Gasteiger partial charge in [-0.05, 0) is 41.8 Å². The van der Waals surface area contributed by atoms with E-state index in [2.05, 4.69) is 0 Å². The topological polar surface area (TPSA) is 9.23 Å². The average molecular weight is 251 g/mol. The smallest absolute Gasteiger partial charge is 0.141 e. The van der Waals surface area contributed by atoms with Crippen LogP contribution >= 0.6 is 11.6 Å². The summed E-state index contributed by atoms with van der Waals surface area (Å²) in [5.74, 6) is 0.402. The molecule has 0 atom stereocenters. The summed E-state index contributed by atoms with van der Waals surface area (Å²) in [6, 6.07) is 10.5. The zero-order chi connectivity index (χ0) is 12.4. The second-order valence-electron chi connectivity index (χ2n) is 3.76. The van der Waals surface area contributed by atoms with Crippen molar-refractivity contribution in [3.63, 3.8) is 0 Å². The van der Waals surface area contributed by atoms with Gasteiger partial charge in [0.05, 0.1) is 12.1 Å². The number of hydrogen-bond acceptors (Lipinski definition) is 1. The molecular formula is C14H12ClFO. The van der Waals surface area contributed by atoms with Crippen molar-refractivity contribution in [2.45, 2.75) is 6.92 Å². The van der Waals surface area contributed by atoms with Crippen molar-refractivity contribution in [2.75, 3.05) is 7.11 Å². The van der Waals surface area contributed by atoms with Crippen LogP contribution in [0.3, 0.4) is 0 Å². The summed E-state index contributed by atoms with van der Waals surface area (Å²) in [5, 5.41) is 0.129. The molecule has 0 amide bonds. The minimum Gasteiger partial charge on any atom is -0.496 e. The van der Waals surface area contributed by atoms with Crippen molar-refractivity contribution in [3.05, 3.63) is 52.8 Å². The van der Waals surface area contributed by atoms with E-state index < -0.39 is 5.82 Å². The predicted molar refractivity (Wildman–Crippen MR) is 68.1 cm³/mol. The number of hydrogen-bond donors (Lipinski definition) is 0. The van der Waals surface area contributed by atoms with Gasteiger partial charge in [-0.25, -0.2) is 4.39 Å². The molecule has 0 saturated heterocycles. The molecule has 0 spiro atoms. The maximum Gasteiger partial charge on any atom is 0.141 e. The van der Waals surface area contributed by atoms with Gasteiger partial charge in [0.1, 0.15) is 11.6 Å². The molecule has 17 heavy (non-hydrogen) atoms. The highest BCUT2D eigenvalue weighted by Crippen LogP contribution is 2.31. The third-order valence-corrected chi connectivity index (χ3v) is 3.02. The largest absolute Gasteiger partial charge is 0.496 e. The normalized spacial score (nSPS) is 10.4. The molecule has 1 nitrogen and oxygen atoms in total. The molecule has 0 aromatic heterocycles. The molecule has 0 aliphatic carbocycles. The van der Waals surface area contributed by atoms with E-state index in [9.17, 15) is 4.39 Å². The monoisotopic (exact) mass is 250 g/mol. The van der Waals surface area contributed by atoms with Crippen molar-refractivity contribution in [1.82, 2.24) is 0 Å². The Morgan fingerprint density at radius 3 is 2.59 bits per heavy atom. The van der Waals surface area contributed by atoms with Crippen molar-refractivity contribution in [2.24, 2.45) is 0 Å². The Balaban J connectivity index is 2.56. The fraction of sp³-hybridized carbons (Fsp3) is 0.143. The van der Waals surface area contributed by atoms with Gasteiger partial charge >= 0.3 is 0 Å². The zero-order valence-electron chi connectivity index (χ0n) is 9.63. The summed E-state index contributed by atoms with van der Waals surface area (Å²) in [5.41, 5.74) is 2.89. The van der Waals surface area contributed by atoms with Gasteiger partial charge in [-0.3, -0.25) is 0 Å². The highest BCUT2D eigenvalue weighted by Gasteiger charge is 2.08. The van der Waals surface area contributed by atoms with Crippen LogP contribution in [0.1, 0.15) is 5.56 Å². The SMILES string of the molecule is COc1cccc(-c2ccc(F)c(Cl)c2)c1C. The van der Waals surface area contributed by atoms with Crippen molar-refractivity contribution < 1.29 is 9.13 Å². The van der Waals surface area contributed by atoms with Gasteiger partial charge in [0.15, 0.2) is 0 Å². The number of ether oxygens (including phenoxy) is 1. The van der Waals surface area contributed by atoms with E-state index in [-0.39, 0.29) is 5.02 Å². The van der Waals surface area contributed by atoms with Crippen LogP contribution in [-0.2, 0) is 0 Å². The van der Waals surface area contributed by atoms with Crippen LogP contribution in [0.25, 0.3) is 11.1 Å². The molecule has 0 bridgehead atoms. The van der Waals surface area contributed by atoms with Crippen LogP contribution in [0.15, 0.2) is 36.4 Å². The molecule has 0 fully saturated rings. The zero-order valence-corrected chi connectivity index (χ0v) is 10.4. The van der Waals surface area contributed by atoms with Crippen LogP contribution in [-0.4, -0.2) is 7.11 Å². The Labute approximate surface area is 105 Å². The van der Waals surface area contributed by atoms with E-state index in [0.717, 1.165) is 22.4 Å². The molecule has 2 aromatic rings. The lowest BCUT2D eigenvalue weighted by Crippen LogP contribution is -1.90. The number of methoxy groups -OCH3 is 1. The fourth-order valence-corrected chi connectivity index (χ4v) is 1.99.